The van der Waals surface area contributed by atoms with Crippen molar-refractivity contribution in [2.45, 2.75) is 25.5 Å². The Morgan fingerprint density at radius 2 is 1.84 bits per heavy atom. The molecule has 0 aliphatic carbocycles. The second-order valence-corrected chi connectivity index (χ2v) is 5.93. The van der Waals surface area contributed by atoms with Gasteiger partial charge in [0.15, 0.2) is 0 Å². The van der Waals surface area contributed by atoms with Crippen molar-refractivity contribution >= 4 is 17.7 Å². The van der Waals surface area contributed by atoms with Gasteiger partial charge in [-0.1, -0.05) is 30.3 Å². The smallest absolute Gasteiger partial charge is 0.410 e. The van der Waals surface area contributed by atoms with Crippen LogP contribution in [0.3, 0.4) is 0 Å². The number of hydrogen-bond acceptors (Lipinski definition) is 4. The normalized spacial score (nSPS) is 16.5. The molecule has 130 valence electrons. The number of ether oxygens (including phenoxy) is 1. The van der Waals surface area contributed by atoms with Gasteiger partial charge in [-0.15, -0.1) is 0 Å². The number of benzene rings is 2. The Bertz CT molecular complexity index is 731. The molecule has 1 heterocycles. The molecule has 6 nitrogen and oxygen atoms in total. The first-order valence-electron chi connectivity index (χ1n) is 8.21. The SMILES string of the molecule is O=C(Nc1ccc(O)cc1)C1CCCN1C(=O)OCc1ccccc1. The first-order chi connectivity index (χ1) is 12.1. The molecule has 0 aromatic heterocycles. The van der Waals surface area contributed by atoms with Crippen molar-refractivity contribution in [2.24, 2.45) is 0 Å². The first kappa shape index (κ1) is 16.8. The van der Waals surface area contributed by atoms with Crippen LogP contribution in [-0.4, -0.2) is 34.6 Å². The Morgan fingerprint density at radius 1 is 1.12 bits per heavy atom. The van der Waals surface area contributed by atoms with E-state index in [-0.39, 0.29) is 18.3 Å². The highest BCUT2D eigenvalue weighted by atomic mass is 16.6. The van der Waals surface area contributed by atoms with Crippen molar-refractivity contribution in [3.05, 3.63) is 60.2 Å². The number of rotatable bonds is 4. The number of aromatic hydroxyl groups is 1. The number of amides is 2. The maximum atomic E-state index is 12.5. The maximum absolute atomic E-state index is 12.5. The number of nitrogens with one attached hydrogen (secondary N) is 1. The predicted molar refractivity (Wildman–Crippen MR) is 93.1 cm³/mol. The minimum absolute atomic E-state index is 0.130. The lowest BCUT2D eigenvalue weighted by atomic mass is 10.2. The van der Waals surface area contributed by atoms with Gasteiger partial charge in [-0.2, -0.15) is 0 Å². The van der Waals surface area contributed by atoms with Crippen molar-refractivity contribution in [3.8, 4) is 5.75 Å². The molecule has 1 fully saturated rings. The molecule has 2 aromatic rings. The third kappa shape index (κ3) is 4.29. The predicted octanol–water partition coefficient (Wildman–Crippen LogP) is 3.13. The van der Waals surface area contributed by atoms with Crippen LogP contribution >= 0.6 is 0 Å². The summed E-state index contributed by atoms with van der Waals surface area (Å²) in [5.74, 6) is -0.121. The van der Waals surface area contributed by atoms with Crippen LogP contribution in [0.2, 0.25) is 0 Å². The zero-order valence-corrected chi connectivity index (χ0v) is 13.7. The number of anilines is 1. The molecule has 1 unspecified atom stereocenters. The van der Waals surface area contributed by atoms with Crippen LogP contribution < -0.4 is 5.32 Å². The highest BCUT2D eigenvalue weighted by Crippen LogP contribution is 2.21. The number of phenols is 1. The third-order valence-corrected chi connectivity index (χ3v) is 4.13. The van der Waals surface area contributed by atoms with Gasteiger partial charge in [0.1, 0.15) is 18.4 Å². The molecular weight excluding hydrogens is 320 g/mol. The maximum Gasteiger partial charge on any atom is 0.410 e. The highest BCUT2D eigenvalue weighted by Gasteiger charge is 2.35. The van der Waals surface area contributed by atoms with Crippen LogP contribution in [0.1, 0.15) is 18.4 Å². The van der Waals surface area contributed by atoms with Gasteiger partial charge in [0.05, 0.1) is 0 Å². The number of phenolic OH excluding ortho intramolecular Hbond substituents is 1. The van der Waals surface area contributed by atoms with Crippen molar-refractivity contribution in [1.29, 1.82) is 0 Å². The van der Waals surface area contributed by atoms with Crippen molar-refractivity contribution in [1.82, 2.24) is 4.90 Å². The van der Waals surface area contributed by atoms with Gasteiger partial charge in [0.2, 0.25) is 5.91 Å². The van der Waals surface area contributed by atoms with E-state index in [1.54, 1.807) is 12.1 Å². The number of carbonyl (C=O) groups excluding carboxylic acids is 2. The van der Waals surface area contributed by atoms with Gasteiger partial charge in [0, 0.05) is 12.2 Å². The van der Waals surface area contributed by atoms with Crippen LogP contribution in [0.25, 0.3) is 0 Å². The number of carbonyl (C=O) groups is 2. The molecule has 1 aliphatic rings. The van der Waals surface area contributed by atoms with Gasteiger partial charge in [-0.05, 0) is 42.7 Å². The summed E-state index contributed by atoms with van der Waals surface area (Å²) in [4.78, 5) is 26.3. The van der Waals surface area contributed by atoms with Gasteiger partial charge < -0.3 is 15.2 Å². The van der Waals surface area contributed by atoms with E-state index in [1.807, 2.05) is 30.3 Å². The number of hydrogen-bond donors (Lipinski definition) is 2. The minimum Gasteiger partial charge on any atom is -0.508 e. The Hall–Kier alpha value is -3.02. The molecule has 6 heteroatoms. The van der Waals surface area contributed by atoms with E-state index < -0.39 is 12.1 Å². The lowest BCUT2D eigenvalue weighted by molar-refractivity contribution is -0.120. The summed E-state index contributed by atoms with van der Waals surface area (Å²) in [6.07, 6.45) is 0.880. The summed E-state index contributed by atoms with van der Waals surface area (Å²) in [7, 11) is 0. The Kier molecular flexibility index (Phi) is 5.18. The van der Waals surface area contributed by atoms with Gasteiger partial charge in [-0.25, -0.2) is 4.79 Å². The molecule has 2 amide bonds. The lowest BCUT2D eigenvalue weighted by Crippen LogP contribution is -2.43. The highest BCUT2D eigenvalue weighted by molar-refractivity contribution is 5.96. The fraction of sp³-hybridized carbons (Fsp3) is 0.263. The molecule has 2 N–H and O–H groups in total. The summed E-state index contributed by atoms with van der Waals surface area (Å²) in [5, 5.41) is 12.1. The molecule has 0 radical (unpaired) electrons. The fourth-order valence-electron chi connectivity index (χ4n) is 2.83. The lowest BCUT2D eigenvalue weighted by Gasteiger charge is -2.23. The van der Waals surface area contributed by atoms with Crippen LogP contribution in [0.4, 0.5) is 10.5 Å². The monoisotopic (exact) mass is 340 g/mol. The van der Waals surface area contributed by atoms with Crippen molar-refractivity contribution in [2.75, 3.05) is 11.9 Å². The molecule has 2 aromatic carbocycles. The van der Waals surface area contributed by atoms with Crippen LogP contribution in [0.5, 0.6) is 5.75 Å². The summed E-state index contributed by atoms with van der Waals surface area (Å²) in [6, 6.07) is 15.1. The van der Waals surface area contributed by atoms with Crippen molar-refractivity contribution < 1.29 is 19.4 Å². The van der Waals surface area contributed by atoms with Crippen molar-refractivity contribution in [3.63, 3.8) is 0 Å². The van der Waals surface area contributed by atoms with E-state index in [9.17, 15) is 14.7 Å². The van der Waals surface area contributed by atoms with E-state index in [2.05, 4.69) is 5.32 Å². The number of nitrogens with zero attached hydrogens (tertiary/aromatic N) is 1. The van der Waals surface area contributed by atoms with E-state index in [0.29, 0.717) is 18.7 Å². The quantitative estimate of drug-likeness (QED) is 0.838. The summed E-state index contributed by atoms with van der Waals surface area (Å²) in [6.45, 7) is 0.684. The summed E-state index contributed by atoms with van der Waals surface area (Å²) < 4.78 is 5.33. The largest absolute Gasteiger partial charge is 0.508 e. The Morgan fingerprint density at radius 3 is 2.56 bits per heavy atom. The standard InChI is InChI=1S/C19H20N2O4/c22-16-10-8-15(9-11-16)20-18(23)17-7-4-12-21(17)19(24)25-13-14-5-2-1-3-6-14/h1-3,5-6,8-11,17,22H,4,7,12-13H2,(H,20,23). The topological polar surface area (TPSA) is 78.9 Å². The zero-order valence-electron chi connectivity index (χ0n) is 13.7. The molecule has 0 bridgehead atoms. The van der Waals surface area contributed by atoms with Gasteiger partial charge in [-0.3, -0.25) is 9.69 Å². The van der Waals surface area contributed by atoms with Crippen LogP contribution in [-0.2, 0) is 16.1 Å². The molecule has 0 saturated carbocycles. The van der Waals surface area contributed by atoms with E-state index in [1.165, 1.54) is 17.0 Å². The number of likely N-dealkylation sites (tertiary alicyclic amines) is 1. The Labute approximate surface area is 146 Å². The van der Waals surface area contributed by atoms with E-state index >= 15 is 0 Å². The third-order valence-electron chi connectivity index (χ3n) is 4.13. The summed E-state index contributed by atoms with van der Waals surface area (Å²) >= 11 is 0. The minimum atomic E-state index is -0.544. The molecule has 1 saturated heterocycles. The molecule has 0 spiro atoms. The zero-order chi connectivity index (χ0) is 17.6. The van der Waals surface area contributed by atoms with E-state index in [0.717, 1.165) is 12.0 Å². The van der Waals surface area contributed by atoms with E-state index in [4.69, 9.17) is 4.74 Å². The first-order valence-corrected chi connectivity index (χ1v) is 8.21. The fourth-order valence-corrected chi connectivity index (χ4v) is 2.83. The average Bonchev–Trinajstić information content (AvgIpc) is 3.12. The van der Waals surface area contributed by atoms with Gasteiger partial charge in [0.25, 0.3) is 0 Å². The molecule has 25 heavy (non-hydrogen) atoms. The molecule has 3 rings (SSSR count). The second-order valence-electron chi connectivity index (χ2n) is 5.93. The van der Waals surface area contributed by atoms with Crippen LogP contribution in [0, 0.1) is 0 Å². The molecule has 1 atom stereocenters. The molecular formula is C19H20N2O4. The van der Waals surface area contributed by atoms with Gasteiger partial charge >= 0.3 is 6.09 Å². The summed E-state index contributed by atoms with van der Waals surface area (Å²) in [5.41, 5.74) is 1.48. The second kappa shape index (κ2) is 7.70. The Balaban J connectivity index is 1.58. The average molecular weight is 340 g/mol. The molecule has 1 aliphatic heterocycles. The van der Waals surface area contributed by atoms with Crippen LogP contribution in [0.15, 0.2) is 54.6 Å².